The Morgan fingerprint density at radius 3 is 2.35 bits per heavy atom. The fourth-order valence-electron chi connectivity index (χ4n) is 1.81. The van der Waals surface area contributed by atoms with Gasteiger partial charge in [0.2, 0.25) is 10.0 Å². The number of rotatable bonds is 3. The number of hydrogen-bond donors (Lipinski definition) is 1. The molecule has 0 saturated carbocycles. The number of piperazine rings is 1. The lowest BCUT2D eigenvalue weighted by Gasteiger charge is -2.26. The van der Waals surface area contributed by atoms with E-state index in [1.54, 1.807) is 0 Å². The van der Waals surface area contributed by atoms with Crippen LogP contribution >= 0.6 is 0 Å². The fraction of sp³-hybridized carbons (Fsp3) is 0.455. The van der Waals surface area contributed by atoms with Gasteiger partial charge >= 0.3 is 0 Å². The van der Waals surface area contributed by atoms with Gasteiger partial charge in [0.25, 0.3) is 0 Å². The molecule has 0 atom stereocenters. The zero-order valence-corrected chi connectivity index (χ0v) is 10.2. The van der Waals surface area contributed by atoms with E-state index in [1.807, 2.05) is 0 Å². The molecule has 0 bridgehead atoms. The van der Waals surface area contributed by atoms with Crippen LogP contribution in [-0.2, 0) is 15.8 Å². The number of halogens is 1. The first kappa shape index (κ1) is 12.5. The summed E-state index contributed by atoms with van der Waals surface area (Å²) in [7, 11) is -3.28. The Balaban J connectivity index is 2.08. The second-order valence-electron chi connectivity index (χ2n) is 4.03. The van der Waals surface area contributed by atoms with Gasteiger partial charge < -0.3 is 5.32 Å². The Morgan fingerprint density at radius 2 is 1.76 bits per heavy atom. The standard InChI is InChI=1S/C11H15FN2O2S/c12-11-3-1-10(2-4-11)9-17(15,16)14-7-5-13-6-8-14/h1-4,13H,5-9H2. The van der Waals surface area contributed by atoms with Crippen LogP contribution in [0.4, 0.5) is 4.39 Å². The number of sulfonamides is 1. The average Bonchev–Trinajstić information content (AvgIpc) is 2.33. The lowest BCUT2D eigenvalue weighted by atomic mass is 10.2. The van der Waals surface area contributed by atoms with E-state index in [9.17, 15) is 12.8 Å². The molecule has 0 unspecified atom stereocenters. The molecule has 0 aliphatic carbocycles. The molecule has 0 aromatic heterocycles. The molecule has 1 aliphatic heterocycles. The third kappa shape index (κ3) is 3.24. The quantitative estimate of drug-likeness (QED) is 0.862. The zero-order valence-electron chi connectivity index (χ0n) is 9.39. The first-order valence-electron chi connectivity index (χ1n) is 5.51. The Labute approximate surface area is 100 Å². The van der Waals surface area contributed by atoms with Gasteiger partial charge in [0.05, 0.1) is 5.75 Å². The Bertz CT molecular complexity index is 467. The first-order chi connectivity index (χ1) is 8.08. The molecule has 1 aromatic carbocycles. The van der Waals surface area contributed by atoms with Crippen molar-refractivity contribution in [1.29, 1.82) is 0 Å². The molecule has 1 aromatic rings. The summed E-state index contributed by atoms with van der Waals surface area (Å²) in [6.45, 7) is 2.37. The molecule has 1 heterocycles. The number of nitrogens with zero attached hydrogens (tertiary/aromatic N) is 1. The summed E-state index contributed by atoms with van der Waals surface area (Å²) in [5, 5.41) is 3.10. The maximum Gasteiger partial charge on any atom is 0.218 e. The van der Waals surface area contributed by atoms with Crippen LogP contribution in [0.5, 0.6) is 0 Å². The van der Waals surface area contributed by atoms with Crippen molar-refractivity contribution in [3.63, 3.8) is 0 Å². The topological polar surface area (TPSA) is 49.4 Å². The van der Waals surface area contributed by atoms with Crippen molar-refractivity contribution in [1.82, 2.24) is 9.62 Å². The summed E-state index contributed by atoms with van der Waals surface area (Å²) in [5.74, 6) is -0.416. The monoisotopic (exact) mass is 258 g/mol. The van der Waals surface area contributed by atoms with Crippen LogP contribution in [0.25, 0.3) is 0 Å². The maximum atomic E-state index is 12.7. The minimum Gasteiger partial charge on any atom is -0.314 e. The highest BCUT2D eigenvalue weighted by atomic mass is 32.2. The average molecular weight is 258 g/mol. The van der Waals surface area contributed by atoms with Crippen molar-refractivity contribution in [3.8, 4) is 0 Å². The summed E-state index contributed by atoms with van der Waals surface area (Å²) in [4.78, 5) is 0. The zero-order chi connectivity index (χ0) is 12.3. The summed E-state index contributed by atoms with van der Waals surface area (Å²) in [6.07, 6.45) is 0. The first-order valence-corrected chi connectivity index (χ1v) is 7.12. The van der Waals surface area contributed by atoms with Gasteiger partial charge in [-0.15, -0.1) is 0 Å². The fourth-order valence-corrected chi connectivity index (χ4v) is 3.34. The molecule has 1 saturated heterocycles. The van der Waals surface area contributed by atoms with Gasteiger partial charge in [-0.1, -0.05) is 12.1 Å². The predicted molar refractivity (Wildman–Crippen MR) is 63.5 cm³/mol. The van der Waals surface area contributed by atoms with E-state index in [1.165, 1.54) is 28.6 Å². The van der Waals surface area contributed by atoms with E-state index in [4.69, 9.17) is 0 Å². The number of benzene rings is 1. The van der Waals surface area contributed by atoms with E-state index in [2.05, 4.69) is 5.32 Å². The van der Waals surface area contributed by atoms with Gasteiger partial charge in [0.15, 0.2) is 0 Å². The largest absolute Gasteiger partial charge is 0.314 e. The lowest BCUT2D eigenvalue weighted by Crippen LogP contribution is -2.46. The van der Waals surface area contributed by atoms with Gasteiger partial charge in [-0.25, -0.2) is 12.8 Å². The molecule has 1 N–H and O–H groups in total. The van der Waals surface area contributed by atoms with E-state index in [-0.39, 0.29) is 11.6 Å². The second-order valence-corrected chi connectivity index (χ2v) is 6.00. The summed E-state index contributed by atoms with van der Waals surface area (Å²) in [5.41, 5.74) is 0.616. The smallest absolute Gasteiger partial charge is 0.218 e. The number of nitrogens with one attached hydrogen (secondary N) is 1. The van der Waals surface area contributed by atoms with Gasteiger partial charge in [-0.2, -0.15) is 4.31 Å². The van der Waals surface area contributed by atoms with Crippen LogP contribution in [0.3, 0.4) is 0 Å². The highest BCUT2D eigenvalue weighted by molar-refractivity contribution is 7.88. The van der Waals surface area contributed by atoms with Gasteiger partial charge in [0.1, 0.15) is 5.82 Å². The summed E-state index contributed by atoms with van der Waals surface area (Å²) in [6, 6.07) is 5.58. The van der Waals surface area contributed by atoms with Gasteiger partial charge in [0, 0.05) is 26.2 Å². The third-order valence-corrected chi connectivity index (χ3v) is 4.58. The Hall–Kier alpha value is -0.980. The van der Waals surface area contributed by atoms with Gasteiger partial charge in [-0.3, -0.25) is 0 Å². The molecule has 1 aliphatic rings. The minimum atomic E-state index is -3.28. The SMILES string of the molecule is O=S(=O)(Cc1ccc(F)cc1)N1CCNCC1. The second kappa shape index (κ2) is 5.12. The van der Waals surface area contributed by atoms with Crippen LogP contribution in [0.2, 0.25) is 0 Å². The molecule has 6 heteroatoms. The highest BCUT2D eigenvalue weighted by Crippen LogP contribution is 2.12. The van der Waals surface area contributed by atoms with Crippen LogP contribution in [0, 0.1) is 5.82 Å². The van der Waals surface area contributed by atoms with E-state index in [0.29, 0.717) is 31.7 Å². The molecule has 4 nitrogen and oxygen atoms in total. The number of hydrogen-bond acceptors (Lipinski definition) is 3. The molecule has 0 amide bonds. The van der Waals surface area contributed by atoms with Crippen LogP contribution in [-0.4, -0.2) is 38.9 Å². The van der Waals surface area contributed by atoms with Crippen molar-refractivity contribution in [2.45, 2.75) is 5.75 Å². The van der Waals surface area contributed by atoms with Crippen molar-refractivity contribution in [3.05, 3.63) is 35.6 Å². The third-order valence-electron chi connectivity index (χ3n) is 2.73. The molecule has 2 rings (SSSR count). The highest BCUT2D eigenvalue weighted by Gasteiger charge is 2.23. The van der Waals surface area contributed by atoms with Crippen molar-refractivity contribution < 1.29 is 12.8 Å². The van der Waals surface area contributed by atoms with E-state index in [0.717, 1.165) is 0 Å². The summed E-state index contributed by atoms with van der Waals surface area (Å²) < 4.78 is 38.3. The molecule has 0 spiro atoms. The van der Waals surface area contributed by atoms with Crippen molar-refractivity contribution in [2.24, 2.45) is 0 Å². The van der Waals surface area contributed by atoms with Gasteiger partial charge in [-0.05, 0) is 17.7 Å². The van der Waals surface area contributed by atoms with E-state index >= 15 is 0 Å². The van der Waals surface area contributed by atoms with Crippen LogP contribution < -0.4 is 5.32 Å². The van der Waals surface area contributed by atoms with Crippen LogP contribution in [0.1, 0.15) is 5.56 Å². The molecule has 17 heavy (non-hydrogen) atoms. The molecular formula is C11H15FN2O2S. The molecule has 94 valence electrons. The van der Waals surface area contributed by atoms with E-state index < -0.39 is 10.0 Å². The van der Waals surface area contributed by atoms with Crippen molar-refractivity contribution >= 4 is 10.0 Å². The maximum absolute atomic E-state index is 12.7. The van der Waals surface area contributed by atoms with Crippen molar-refractivity contribution in [2.75, 3.05) is 26.2 Å². The minimum absolute atomic E-state index is 0.0622. The van der Waals surface area contributed by atoms with Crippen LogP contribution in [0.15, 0.2) is 24.3 Å². The molecule has 1 fully saturated rings. The Morgan fingerprint density at radius 1 is 1.18 bits per heavy atom. The normalized spacial score (nSPS) is 18.2. The lowest BCUT2D eigenvalue weighted by molar-refractivity contribution is 0.360. The molecular weight excluding hydrogens is 243 g/mol. The Kier molecular flexibility index (Phi) is 3.76. The predicted octanol–water partition coefficient (Wildman–Crippen LogP) is 0.561. The molecule has 0 radical (unpaired) electrons. The summed E-state index contributed by atoms with van der Waals surface area (Å²) >= 11 is 0.